The number of carboxylic acids is 2. The Kier molecular flexibility index (Phi) is 20.0. The molecule has 0 radical (unpaired) electrons. The molecule has 0 fully saturated rings. The number of carbonyl (C=O) groups is 3. The first-order valence-electron chi connectivity index (χ1n) is 17.8. The number of rotatable bonds is 27. The van der Waals surface area contributed by atoms with E-state index in [1.807, 2.05) is 0 Å². The van der Waals surface area contributed by atoms with E-state index in [0.717, 1.165) is 18.8 Å². The topological polar surface area (TPSA) is 142 Å². The lowest BCUT2D eigenvalue weighted by atomic mass is 10.0. The largest absolute Gasteiger partial charge is 0.494 e. The number of benzene rings is 2. The molecule has 1 amide bonds. The van der Waals surface area contributed by atoms with Gasteiger partial charge in [-0.25, -0.2) is 9.59 Å². The van der Waals surface area contributed by atoms with Crippen LogP contribution >= 0.6 is 0 Å². The first kappa shape index (κ1) is 39.6. The lowest BCUT2D eigenvalue weighted by Gasteiger charge is -2.31. The lowest BCUT2D eigenvalue weighted by molar-refractivity contribution is -0.139. The molecular formula is C38H59N3O6. The van der Waals surface area contributed by atoms with Gasteiger partial charge < -0.3 is 20.7 Å². The molecule has 0 saturated heterocycles. The molecule has 0 aliphatic carbocycles. The molecule has 2 aromatic carbocycles. The second kappa shape index (κ2) is 23.7. The van der Waals surface area contributed by atoms with Gasteiger partial charge in [0.05, 0.1) is 17.9 Å². The molecular weight excluding hydrogens is 594 g/mol. The van der Waals surface area contributed by atoms with Crippen molar-refractivity contribution in [2.75, 3.05) is 18.2 Å². The van der Waals surface area contributed by atoms with Crippen molar-refractivity contribution < 1.29 is 29.3 Å². The first-order valence-corrected chi connectivity index (χ1v) is 17.8. The van der Waals surface area contributed by atoms with E-state index in [2.05, 4.69) is 19.3 Å². The summed E-state index contributed by atoms with van der Waals surface area (Å²) in [5, 5.41) is 20.7. The summed E-state index contributed by atoms with van der Waals surface area (Å²) in [4.78, 5) is 37.0. The van der Waals surface area contributed by atoms with Gasteiger partial charge in [0.1, 0.15) is 11.8 Å². The molecule has 0 saturated carbocycles. The van der Waals surface area contributed by atoms with E-state index in [9.17, 15) is 24.6 Å². The van der Waals surface area contributed by atoms with Gasteiger partial charge in [0.15, 0.2) is 0 Å². The zero-order chi connectivity index (χ0) is 34.3. The molecule has 9 heteroatoms. The highest BCUT2D eigenvalue weighted by Gasteiger charge is 2.28. The summed E-state index contributed by atoms with van der Waals surface area (Å²) < 4.78 is 5.88. The molecule has 0 bridgehead atoms. The average Bonchev–Trinajstić information content (AvgIpc) is 3.05. The monoisotopic (exact) mass is 653 g/mol. The van der Waals surface area contributed by atoms with Gasteiger partial charge in [-0.1, -0.05) is 103 Å². The zero-order valence-electron chi connectivity index (χ0n) is 28.8. The minimum Gasteiger partial charge on any atom is -0.494 e. The first-order chi connectivity index (χ1) is 22.7. The molecule has 5 N–H and O–H groups in total. The van der Waals surface area contributed by atoms with Crippen molar-refractivity contribution in [1.82, 2.24) is 5.43 Å². The van der Waals surface area contributed by atoms with Crippen molar-refractivity contribution in [3.05, 3.63) is 59.7 Å². The van der Waals surface area contributed by atoms with Gasteiger partial charge in [0, 0.05) is 5.56 Å². The number of carbonyl (C=O) groups excluding carboxylic acids is 1. The summed E-state index contributed by atoms with van der Waals surface area (Å²) >= 11 is 0. The second-order valence-corrected chi connectivity index (χ2v) is 13.0. The van der Waals surface area contributed by atoms with Crippen LogP contribution in [0.25, 0.3) is 0 Å². The van der Waals surface area contributed by atoms with Crippen LogP contribution < -0.4 is 20.9 Å². The van der Waals surface area contributed by atoms with Crippen molar-refractivity contribution >= 4 is 23.5 Å². The SMILES string of the molecule is CC(C)CCCCCCCCCCCCCCCOc1ccc(C(=O)NN(c2cccc(C(=O)O)c2)[C@@H](CCCCN)C(=O)O)cc1. The number of aliphatic carboxylic acids is 1. The number of nitrogens with zero attached hydrogens (tertiary/aromatic N) is 1. The zero-order valence-corrected chi connectivity index (χ0v) is 28.8. The van der Waals surface area contributed by atoms with Crippen molar-refractivity contribution in [2.45, 2.75) is 129 Å². The highest BCUT2D eigenvalue weighted by atomic mass is 16.5. The van der Waals surface area contributed by atoms with E-state index in [1.165, 1.54) is 100 Å². The van der Waals surface area contributed by atoms with Crippen LogP contribution in [0.2, 0.25) is 0 Å². The van der Waals surface area contributed by atoms with Gasteiger partial charge >= 0.3 is 11.9 Å². The highest BCUT2D eigenvalue weighted by molar-refractivity contribution is 5.96. The minimum atomic E-state index is -1.15. The molecule has 47 heavy (non-hydrogen) atoms. The highest BCUT2D eigenvalue weighted by Crippen LogP contribution is 2.22. The van der Waals surface area contributed by atoms with Crippen LogP contribution in [0.4, 0.5) is 5.69 Å². The normalized spacial score (nSPS) is 11.7. The summed E-state index contributed by atoms with van der Waals surface area (Å²) in [5.74, 6) is -1.30. The number of hydrazine groups is 1. The van der Waals surface area contributed by atoms with E-state index in [0.29, 0.717) is 37.3 Å². The summed E-state index contributed by atoms with van der Waals surface area (Å²) in [6.07, 6.45) is 19.6. The Labute approximate surface area is 282 Å². The van der Waals surface area contributed by atoms with Gasteiger partial charge in [-0.3, -0.25) is 15.2 Å². The van der Waals surface area contributed by atoms with Crippen LogP contribution in [0.1, 0.15) is 144 Å². The molecule has 1 atom stereocenters. The van der Waals surface area contributed by atoms with Crippen molar-refractivity contribution in [2.24, 2.45) is 11.7 Å². The van der Waals surface area contributed by atoms with Crippen LogP contribution in [0.15, 0.2) is 48.5 Å². The van der Waals surface area contributed by atoms with Gasteiger partial charge in [-0.15, -0.1) is 0 Å². The van der Waals surface area contributed by atoms with Gasteiger partial charge in [-0.05, 0) is 80.6 Å². The van der Waals surface area contributed by atoms with E-state index < -0.39 is 23.9 Å². The third kappa shape index (κ3) is 16.7. The minimum absolute atomic E-state index is 0.0155. The molecule has 0 spiro atoms. The number of aromatic carboxylic acids is 1. The number of ether oxygens (including phenoxy) is 1. The molecule has 2 rings (SSSR count). The van der Waals surface area contributed by atoms with Gasteiger partial charge in [-0.2, -0.15) is 0 Å². The Morgan fingerprint density at radius 3 is 1.81 bits per heavy atom. The average molecular weight is 654 g/mol. The lowest BCUT2D eigenvalue weighted by Crippen LogP contribution is -2.52. The number of hydrogen-bond acceptors (Lipinski definition) is 6. The maximum atomic E-state index is 13.2. The summed E-state index contributed by atoms with van der Waals surface area (Å²) in [7, 11) is 0. The smallest absolute Gasteiger partial charge is 0.335 e. The Balaban J connectivity index is 1.73. The standard InChI is InChI=1S/C38H59N3O6/c1-30(2)19-14-12-10-8-6-4-3-5-7-9-11-13-17-28-47-34-25-23-31(24-26-34)36(42)40-41(35(38(45)46)22-15-16-27-39)33-21-18-20-32(29-33)37(43)44/h18,20-21,23-26,29-30,35H,3-17,19,22,27-28,39H2,1-2H3,(H,40,42)(H,43,44)(H,45,46)/t35-/m0/s1. The second-order valence-electron chi connectivity index (χ2n) is 13.0. The van der Waals surface area contributed by atoms with Gasteiger partial charge in [0.2, 0.25) is 0 Å². The Hall–Kier alpha value is -3.59. The molecule has 0 heterocycles. The molecule has 9 nitrogen and oxygen atoms in total. The molecule has 0 aromatic heterocycles. The van der Waals surface area contributed by atoms with Crippen LogP contribution in [-0.2, 0) is 4.79 Å². The maximum Gasteiger partial charge on any atom is 0.335 e. The predicted molar refractivity (Wildman–Crippen MR) is 189 cm³/mol. The van der Waals surface area contributed by atoms with Crippen molar-refractivity contribution in [3.63, 3.8) is 0 Å². The van der Waals surface area contributed by atoms with Crippen LogP contribution in [0.5, 0.6) is 5.75 Å². The number of hydrogen-bond donors (Lipinski definition) is 4. The number of anilines is 1. The molecule has 0 aliphatic rings. The van der Waals surface area contributed by atoms with E-state index in [1.54, 1.807) is 30.3 Å². The fraction of sp³-hybridized carbons (Fsp3) is 0.605. The van der Waals surface area contributed by atoms with Crippen molar-refractivity contribution in [1.29, 1.82) is 0 Å². The summed E-state index contributed by atoms with van der Waals surface area (Å²) in [5.41, 5.74) is 8.85. The summed E-state index contributed by atoms with van der Waals surface area (Å²) in [6, 6.07) is 11.4. The number of nitrogens with two attached hydrogens (primary N) is 1. The van der Waals surface area contributed by atoms with Crippen molar-refractivity contribution in [3.8, 4) is 5.75 Å². The van der Waals surface area contributed by atoms with Gasteiger partial charge in [0.25, 0.3) is 5.91 Å². The number of carboxylic acid groups (broad SMARTS) is 2. The number of nitrogens with one attached hydrogen (secondary N) is 1. The Bertz CT molecular complexity index is 1170. The molecule has 0 unspecified atom stereocenters. The Morgan fingerprint density at radius 2 is 1.28 bits per heavy atom. The summed E-state index contributed by atoms with van der Waals surface area (Å²) in [6.45, 7) is 5.64. The maximum absolute atomic E-state index is 13.2. The van der Waals surface area contributed by atoms with Crippen LogP contribution in [0.3, 0.4) is 0 Å². The fourth-order valence-corrected chi connectivity index (χ4v) is 5.62. The predicted octanol–water partition coefficient (Wildman–Crippen LogP) is 8.61. The van der Waals surface area contributed by atoms with Crippen LogP contribution in [0, 0.1) is 5.92 Å². The van der Waals surface area contributed by atoms with E-state index in [-0.39, 0.29) is 17.7 Å². The quantitative estimate of drug-likeness (QED) is 0.0555. The Morgan fingerprint density at radius 1 is 0.723 bits per heavy atom. The van der Waals surface area contributed by atoms with Crippen LogP contribution in [-0.4, -0.2) is 47.3 Å². The third-order valence-corrected chi connectivity index (χ3v) is 8.43. The fourth-order valence-electron chi connectivity index (χ4n) is 5.62. The molecule has 262 valence electrons. The van der Waals surface area contributed by atoms with E-state index >= 15 is 0 Å². The molecule has 0 aliphatic heterocycles. The third-order valence-electron chi connectivity index (χ3n) is 8.43. The molecule has 2 aromatic rings. The number of unbranched alkanes of at least 4 members (excludes halogenated alkanes) is 13. The number of amides is 1. The van der Waals surface area contributed by atoms with E-state index in [4.69, 9.17) is 10.5 Å².